The molecule has 8 heteroatoms. The quantitative estimate of drug-likeness (QED) is 0.410. The highest BCUT2D eigenvalue weighted by atomic mass is 32.2. The molecule has 178 valence electrons. The van der Waals surface area contributed by atoms with Crippen LogP contribution in [-0.4, -0.2) is 39.9 Å². The number of carboxylic acids is 1. The summed E-state index contributed by atoms with van der Waals surface area (Å²) in [4.78, 5) is 10.7. The van der Waals surface area contributed by atoms with E-state index in [1.807, 2.05) is 45.9 Å². The van der Waals surface area contributed by atoms with Crippen molar-refractivity contribution in [2.45, 2.75) is 58.4 Å². The number of halogens is 3. The summed E-state index contributed by atoms with van der Waals surface area (Å²) in [6.45, 7) is 7.91. The Kier molecular flexibility index (Phi) is 10.7. The molecule has 2 unspecified atom stereocenters. The van der Waals surface area contributed by atoms with Crippen molar-refractivity contribution in [3.05, 3.63) is 59.2 Å². The zero-order valence-corrected chi connectivity index (χ0v) is 19.7. The number of aliphatic carboxylic acids is 1. The topological polar surface area (TPSA) is 83.5 Å². The van der Waals surface area contributed by atoms with E-state index in [9.17, 15) is 23.1 Å². The number of carbonyl (C=O) groups is 1. The van der Waals surface area contributed by atoms with E-state index in [1.54, 1.807) is 12.1 Å². The summed E-state index contributed by atoms with van der Waals surface area (Å²) in [6.07, 6.45) is -5.23. The second-order valence-corrected chi connectivity index (χ2v) is 8.57. The lowest BCUT2D eigenvalue weighted by Crippen LogP contribution is -2.42. The molecule has 0 amide bonds. The predicted molar refractivity (Wildman–Crippen MR) is 125 cm³/mol. The number of aliphatic hydroxyl groups is 1. The number of aryl methyl sites for hydroxylation is 2. The molecule has 0 bridgehead atoms. The van der Waals surface area contributed by atoms with Crippen LogP contribution in [0.4, 0.5) is 13.2 Å². The molecule has 0 aliphatic carbocycles. The van der Waals surface area contributed by atoms with Crippen LogP contribution in [0, 0.1) is 13.8 Å². The molecule has 2 aromatic carbocycles. The molecule has 2 atom stereocenters. The van der Waals surface area contributed by atoms with E-state index >= 15 is 0 Å². The zero-order chi connectivity index (χ0) is 24.5. The Bertz CT molecular complexity index is 872. The summed E-state index contributed by atoms with van der Waals surface area (Å²) in [6, 6.07) is 10.6. The summed E-state index contributed by atoms with van der Waals surface area (Å²) in [5.41, 5.74) is 6.01. The third kappa shape index (κ3) is 7.25. The lowest BCUT2D eigenvalue weighted by Gasteiger charge is -2.31. The van der Waals surface area contributed by atoms with E-state index in [2.05, 4.69) is 0 Å². The smallest absolute Gasteiger partial charge is 0.421 e. The molecule has 0 heterocycles. The lowest BCUT2D eigenvalue weighted by atomic mass is 9.88. The minimum absolute atomic E-state index is 0.0151. The van der Waals surface area contributed by atoms with Crippen molar-refractivity contribution < 1.29 is 28.2 Å². The van der Waals surface area contributed by atoms with Gasteiger partial charge in [0.25, 0.3) is 0 Å². The van der Waals surface area contributed by atoms with Crippen LogP contribution in [-0.2, 0) is 10.4 Å². The van der Waals surface area contributed by atoms with Crippen molar-refractivity contribution >= 4 is 17.7 Å². The number of rotatable bonds is 9. The highest BCUT2D eigenvalue weighted by Crippen LogP contribution is 2.43. The summed E-state index contributed by atoms with van der Waals surface area (Å²) in [7, 11) is 0. The van der Waals surface area contributed by atoms with Crippen molar-refractivity contribution in [1.29, 1.82) is 0 Å². The van der Waals surface area contributed by atoms with E-state index in [0.717, 1.165) is 34.0 Å². The van der Waals surface area contributed by atoms with Gasteiger partial charge in [0.05, 0.1) is 0 Å². The van der Waals surface area contributed by atoms with Gasteiger partial charge in [-0.3, -0.25) is 4.79 Å². The van der Waals surface area contributed by atoms with Gasteiger partial charge in [-0.15, -0.1) is 0 Å². The van der Waals surface area contributed by atoms with E-state index in [4.69, 9.17) is 10.8 Å². The van der Waals surface area contributed by atoms with Crippen LogP contribution in [0.5, 0.6) is 0 Å². The largest absolute Gasteiger partial charge is 0.480 e. The number of nitrogens with two attached hydrogens (primary N) is 1. The molecule has 0 spiro atoms. The number of hydrogen-bond donors (Lipinski definition) is 3. The molecule has 4 N–H and O–H groups in total. The first-order valence-electron chi connectivity index (χ1n) is 10.5. The highest BCUT2D eigenvalue weighted by molar-refractivity contribution is 7.99. The second kappa shape index (κ2) is 12.3. The summed E-state index contributed by atoms with van der Waals surface area (Å²) in [5.74, 6) is -0.833. The van der Waals surface area contributed by atoms with Gasteiger partial charge in [0.1, 0.15) is 6.04 Å². The van der Waals surface area contributed by atoms with Crippen LogP contribution in [0.15, 0.2) is 42.5 Å². The summed E-state index contributed by atoms with van der Waals surface area (Å²) < 4.78 is 41.1. The first-order valence-corrected chi connectivity index (χ1v) is 11.6. The maximum atomic E-state index is 13.7. The van der Waals surface area contributed by atoms with Crippen molar-refractivity contribution in [2.75, 3.05) is 11.5 Å². The van der Waals surface area contributed by atoms with Gasteiger partial charge in [0.2, 0.25) is 0 Å². The first-order chi connectivity index (χ1) is 15.0. The summed E-state index contributed by atoms with van der Waals surface area (Å²) >= 11 is 1.14. The van der Waals surface area contributed by atoms with Crippen LogP contribution in [0.3, 0.4) is 0 Å². The third-order valence-corrected chi connectivity index (χ3v) is 6.04. The molecule has 32 heavy (non-hydrogen) atoms. The first kappa shape index (κ1) is 28.0. The molecule has 2 aromatic rings. The average Bonchev–Trinajstić information content (AvgIpc) is 2.74. The fraction of sp³-hybridized carbons (Fsp3) is 0.458. The standard InChI is InChI=1S/C22H26F3NO3S.C2H6/c1-14-3-8-18(15(2)13-14)16-4-6-17(7-5-16)21(29,22(23,24)25)10-12-30-11-9-19(26)20(27)28;1-2/h3-8,13,19,29H,9-12,26H2,1-2H3,(H,27,28);1-2H3. The monoisotopic (exact) mass is 471 g/mol. The molecule has 0 saturated carbocycles. The van der Waals surface area contributed by atoms with Crippen molar-refractivity contribution in [1.82, 2.24) is 0 Å². The van der Waals surface area contributed by atoms with Gasteiger partial charge in [0, 0.05) is 0 Å². The predicted octanol–water partition coefficient (Wildman–Crippen LogP) is 5.67. The number of carboxylic acid groups (broad SMARTS) is 1. The van der Waals surface area contributed by atoms with E-state index in [0.29, 0.717) is 5.75 Å². The second-order valence-electron chi connectivity index (χ2n) is 7.35. The van der Waals surface area contributed by atoms with Gasteiger partial charge in [0.15, 0.2) is 5.60 Å². The molecule has 2 rings (SSSR count). The van der Waals surface area contributed by atoms with Gasteiger partial charge >= 0.3 is 12.1 Å². The molecule has 0 radical (unpaired) electrons. The Morgan fingerprint density at radius 1 is 1.06 bits per heavy atom. The van der Waals surface area contributed by atoms with Crippen LogP contribution < -0.4 is 5.73 Å². The van der Waals surface area contributed by atoms with Crippen molar-refractivity contribution in [2.24, 2.45) is 5.73 Å². The summed E-state index contributed by atoms with van der Waals surface area (Å²) in [5, 5.41) is 19.2. The normalized spacial score (nSPS) is 14.2. The van der Waals surface area contributed by atoms with Gasteiger partial charge in [-0.1, -0.05) is 61.9 Å². The number of alkyl halides is 3. The Labute approximate surface area is 192 Å². The maximum absolute atomic E-state index is 13.7. The number of thioether (sulfide) groups is 1. The lowest BCUT2D eigenvalue weighted by molar-refractivity contribution is -0.267. The number of hydrogen-bond acceptors (Lipinski definition) is 4. The van der Waals surface area contributed by atoms with Gasteiger partial charge < -0.3 is 15.9 Å². The number of benzene rings is 2. The van der Waals surface area contributed by atoms with E-state index < -0.39 is 30.2 Å². The minimum Gasteiger partial charge on any atom is -0.480 e. The van der Waals surface area contributed by atoms with Gasteiger partial charge in [-0.2, -0.15) is 24.9 Å². The molecule has 0 aliphatic heterocycles. The molecular weight excluding hydrogens is 439 g/mol. The Balaban J connectivity index is 0.00000249. The molecule has 0 aromatic heterocycles. The van der Waals surface area contributed by atoms with Crippen LogP contribution in [0.1, 0.15) is 43.4 Å². The molecule has 4 nitrogen and oxygen atoms in total. The Morgan fingerprint density at radius 2 is 1.66 bits per heavy atom. The molecule has 0 aliphatic rings. The average molecular weight is 472 g/mol. The third-order valence-electron chi connectivity index (χ3n) is 5.02. The van der Waals surface area contributed by atoms with Crippen molar-refractivity contribution in [3.8, 4) is 11.1 Å². The molecular formula is C24H32F3NO3S. The maximum Gasteiger partial charge on any atom is 0.421 e. The van der Waals surface area contributed by atoms with Crippen molar-refractivity contribution in [3.63, 3.8) is 0 Å². The minimum atomic E-state index is -4.84. The van der Waals surface area contributed by atoms with Gasteiger partial charge in [-0.25, -0.2) is 0 Å². The molecule has 0 fully saturated rings. The van der Waals surface area contributed by atoms with E-state index in [-0.39, 0.29) is 17.7 Å². The fourth-order valence-corrected chi connectivity index (χ4v) is 4.23. The van der Waals surface area contributed by atoms with Gasteiger partial charge in [-0.05, 0) is 60.4 Å². The van der Waals surface area contributed by atoms with Crippen LogP contribution in [0.25, 0.3) is 11.1 Å². The fourth-order valence-electron chi connectivity index (χ4n) is 3.17. The van der Waals surface area contributed by atoms with Crippen LogP contribution >= 0.6 is 11.8 Å². The SMILES string of the molecule is CC.Cc1ccc(-c2ccc(C(O)(CCSCCC(N)C(=O)O)C(F)(F)F)cc2)c(C)c1. The zero-order valence-electron chi connectivity index (χ0n) is 18.9. The molecule has 0 saturated heterocycles. The van der Waals surface area contributed by atoms with Crippen LogP contribution in [0.2, 0.25) is 0 Å². The Hall–Kier alpha value is -2.03. The highest BCUT2D eigenvalue weighted by Gasteiger charge is 2.54. The van der Waals surface area contributed by atoms with E-state index in [1.165, 1.54) is 12.1 Å². The Morgan fingerprint density at radius 3 is 2.16 bits per heavy atom.